The predicted octanol–water partition coefficient (Wildman–Crippen LogP) is 1.63. The van der Waals surface area contributed by atoms with Gasteiger partial charge in [-0.3, -0.25) is 0 Å². The second kappa shape index (κ2) is 4.80. The van der Waals surface area contributed by atoms with Crippen molar-refractivity contribution in [2.24, 2.45) is 17.6 Å². The summed E-state index contributed by atoms with van der Waals surface area (Å²) >= 11 is 0. The number of piperidine rings is 2. The molecule has 0 radical (unpaired) electrons. The van der Waals surface area contributed by atoms with Crippen molar-refractivity contribution >= 4 is 5.69 Å². The van der Waals surface area contributed by atoms with Crippen molar-refractivity contribution in [3.63, 3.8) is 0 Å². The summed E-state index contributed by atoms with van der Waals surface area (Å²) in [6.45, 7) is 8.86. The molecule has 19 heavy (non-hydrogen) atoms. The van der Waals surface area contributed by atoms with Gasteiger partial charge in [0, 0.05) is 49.7 Å². The Morgan fingerprint density at radius 3 is 2.26 bits per heavy atom. The molecule has 104 valence electrons. The van der Waals surface area contributed by atoms with Crippen LogP contribution >= 0.6 is 0 Å². The quantitative estimate of drug-likeness (QED) is 0.832. The van der Waals surface area contributed by atoms with Gasteiger partial charge in [0.1, 0.15) is 0 Å². The maximum absolute atomic E-state index is 6.40. The molecule has 2 saturated heterocycles. The first-order valence-electron chi connectivity index (χ1n) is 7.31. The lowest BCUT2D eigenvalue weighted by molar-refractivity contribution is 0.107. The minimum atomic E-state index is 0.387. The Morgan fingerprint density at radius 2 is 1.68 bits per heavy atom. The first-order valence-corrected chi connectivity index (χ1v) is 7.31. The van der Waals surface area contributed by atoms with E-state index >= 15 is 0 Å². The first-order chi connectivity index (χ1) is 9.04. The maximum atomic E-state index is 6.40. The average Bonchev–Trinajstić information content (AvgIpc) is 2.31. The van der Waals surface area contributed by atoms with E-state index in [2.05, 4.69) is 48.9 Å². The number of fused-ring (bicyclic) bond motifs is 2. The van der Waals surface area contributed by atoms with Gasteiger partial charge in [-0.1, -0.05) is 17.7 Å². The fraction of sp³-hybridized carbons (Fsp3) is 0.625. The topological polar surface area (TPSA) is 32.5 Å². The summed E-state index contributed by atoms with van der Waals surface area (Å²) in [5, 5.41) is 0. The van der Waals surface area contributed by atoms with Crippen molar-refractivity contribution in [3.05, 3.63) is 29.3 Å². The van der Waals surface area contributed by atoms with Crippen molar-refractivity contribution in [2.75, 3.05) is 38.1 Å². The number of rotatable bonds is 1. The van der Waals surface area contributed by atoms with Crippen LogP contribution in [0.25, 0.3) is 0 Å². The van der Waals surface area contributed by atoms with Crippen LogP contribution in [0.5, 0.6) is 0 Å². The smallest absolute Gasteiger partial charge is 0.0396 e. The van der Waals surface area contributed by atoms with Crippen molar-refractivity contribution in [1.29, 1.82) is 0 Å². The molecule has 0 aliphatic carbocycles. The van der Waals surface area contributed by atoms with Crippen LogP contribution in [0.15, 0.2) is 18.2 Å². The molecule has 3 nitrogen and oxygen atoms in total. The average molecular weight is 259 g/mol. The number of hydrogen-bond acceptors (Lipinski definition) is 3. The fourth-order valence-corrected chi connectivity index (χ4v) is 3.86. The van der Waals surface area contributed by atoms with Crippen molar-refractivity contribution in [3.8, 4) is 0 Å². The van der Waals surface area contributed by atoms with Crippen molar-refractivity contribution < 1.29 is 0 Å². The van der Waals surface area contributed by atoms with Gasteiger partial charge in [-0.05, 0) is 32.5 Å². The van der Waals surface area contributed by atoms with Gasteiger partial charge < -0.3 is 15.5 Å². The molecule has 3 heteroatoms. The minimum absolute atomic E-state index is 0.387. The van der Waals surface area contributed by atoms with E-state index in [1.54, 1.807) is 0 Å². The van der Waals surface area contributed by atoms with Gasteiger partial charge >= 0.3 is 0 Å². The lowest BCUT2D eigenvalue weighted by Gasteiger charge is -2.49. The zero-order valence-electron chi connectivity index (χ0n) is 12.3. The molecule has 0 saturated carbocycles. The van der Waals surface area contributed by atoms with Crippen LogP contribution in [0.3, 0.4) is 0 Å². The lowest BCUT2D eigenvalue weighted by atomic mass is 9.80. The van der Waals surface area contributed by atoms with Crippen LogP contribution in [0, 0.1) is 25.7 Å². The number of hydrogen-bond donors (Lipinski definition) is 1. The van der Waals surface area contributed by atoms with E-state index < -0.39 is 0 Å². The summed E-state index contributed by atoms with van der Waals surface area (Å²) < 4.78 is 0. The number of nitrogens with two attached hydrogens (primary N) is 1. The first kappa shape index (κ1) is 12.9. The second-order valence-corrected chi connectivity index (χ2v) is 6.51. The molecule has 0 spiro atoms. The molecule has 2 aliphatic heterocycles. The van der Waals surface area contributed by atoms with Crippen molar-refractivity contribution in [1.82, 2.24) is 4.90 Å². The molecule has 2 heterocycles. The Bertz CT molecular complexity index is 455. The van der Waals surface area contributed by atoms with Gasteiger partial charge in [0.25, 0.3) is 0 Å². The molecule has 2 N–H and O–H groups in total. The van der Waals surface area contributed by atoms with Crippen LogP contribution in [0.2, 0.25) is 0 Å². The van der Waals surface area contributed by atoms with E-state index in [0.29, 0.717) is 17.9 Å². The van der Waals surface area contributed by atoms with Crippen LogP contribution in [-0.2, 0) is 0 Å². The molecule has 2 bridgehead atoms. The highest BCUT2D eigenvalue weighted by atomic mass is 15.2. The van der Waals surface area contributed by atoms with E-state index in [1.807, 2.05) is 0 Å². The van der Waals surface area contributed by atoms with Crippen LogP contribution in [0.4, 0.5) is 5.69 Å². The molecule has 0 aromatic heterocycles. The van der Waals surface area contributed by atoms with E-state index in [4.69, 9.17) is 5.73 Å². The van der Waals surface area contributed by atoms with E-state index in [1.165, 1.54) is 16.8 Å². The molecule has 2 fully saturated rings. The summed E-state index contributed by atoms with van der Waals surface area (Å²) in [4.78, 5) is 5.00. The predicted molar refractivity (Wildman–Crippen MR) is 80.6 cm³/mol. The molecule has 3 rings (SSSR count). The SMILES string of the molecule is Cc1ccc(N2CC3CN(C)CC(C2)C3N)c(C)c1. The third-order valence-electron chi connectivity index (χ3n) is 4.78. The Kier molecular flexibility index (Phi) is 3.27. The van der Waals surface area contributed by atoms with E-state index in [-0.39, 0.29) is 0 Å². The Balaban J connectivity index is 1.84. The lowest BCUT2D eigenvalue weighted by Crippen LogP contribution is -2.62. The van der Waals surface area contributed by atoms with Gasteiger partial charge in [-0.25, -0.2) is 0 Å². The third-order valence-corrected chi connectivity index (χ3v) is 4.78. The number of nitrogens with zero attached hydrogens (tertiary/aromatic N) is 2. The molecule has 2 atom stereocenters. The number of anilines is 1. The summed E-state index contributed by atoms with van der Waals surface area (Å²) in [5.41, 5.74) is 10.5. The van der Waals surface area contributed by atoms with Crippen LogP contribution in [0.1, 0.15) is 11.1 Å². The third kappa shape index (κ3) is 2.37. The highest BCUT2D eigenvalue weighted by molar-refractivity contribution is 5.55. The Labute approximate surface area is 116 Å². The monoisotopic (exact) mass is 259 g/mol. The van der Waals surface area contributed by atoms with Crippen molar-refractivity contribution in [2.45, 2.75) is 19.9 Å². The van der Waals surface area contributed by atoms with Gasteiger partial charge in [0.2, 0.25) is 0 Å². The number of likely N-dealkylation sites (tertiary alicyclic amines) is 1. The summed E-state index contributed by atoms with van der Waals surface area (Å²) in [6.07, 6.45) is 0. The van der Waals surface area contributed by atoms with Gasteiger partial charge in [0.15, 0.2) is 0 Å². The Morgan fingerprint density at radius 1 is 1.05 bits per heavy atom. The molecule has 2 aliphatic rings. The highest BCUT2D eigenvalue weighted by Gasteiger charge is 2.39. The number of benzene rings is 1. The number of aryl methyl sites for hydroxylation is 2. The van der Waals surface area contributed by atoms with Crippen LogP contribution in [-0.4, -0.2) is 44.2 Å². The second-order valence-electron chi connectivity index (χ2n) is 6.51. The Hall–Kier alpha value is -1.06. The van der Waals surface area contributed by atoms with Crippen LogP contribution < -0.4 is 10.6 Å². The standard InChI is InChI=1S/C16H25N3/c1-11-4-5-15(12(2)6-11)19-9-13-7-18(3)8-14(10-19)16(13)17/h4-6,13-14,16H,7-10,17H2,1-3H3. The zero-order valence-corrected chi connectivity index (χ0v) is 12.3. The largest absolute Gasteiger partial charge is 0.371 e. The van der Waals surface area contributed by atoms with Gasteiger partial charge in [-0.15, -0.1) is 0 Å². The minimum Gasteiger partial charge on any atom is -0.371 e. The molecular formula is C16H25N3. The normalized spacial score (nSPS) is 31.6. The summed E-state index contributed by atoms with van der Waals surface area (Å²) in [7, 11) is 2.22. The molecule has 2 unspecified atom stereocenters. The van der Waals surface area contributed by atoms with E-state index in [9.17, 15) is 0 Å². The molecular weight excluding hydrogens is 234 g/mol. The fourth-order valence-electron chi connectivity index (χ4n) is 3.86. The molecule has 1 aromatic carbocycles. The summed E-state index contributed by atoms with van der Waals surface area (Å²) in [5.74, 6) is 1.22. The molecule has 0 amide bonds. The molecule has 1 aromatic rings. The van der Waals surface area contributed by atoms with E-state index in [0.717, 1.165) is 26.2 Å². The summed E-state index contributed by atoms with van der Waals surface area (Å²) in [6, 6.07) is 7.17. The zero-order chi connectivity index (χ0) is 13.6. The van der Waals surface area contributed by atoms with Gasteiger partial charge in [0.05, 0.1) is 0 Å². The highest BCUT2D eigenvalue weighted by Crippen LogP contribution is 2.32. The maximum Gasteiger partial charge on any atom is 0.0396 e. The van der Waals surface area contributed by atoms with Gasteiger partial charge in [-0.2, -0.15) is 0 Å².